The van der Waals surface area contributed by atoms with Crippen molar-refractivity contribution in [3.8, 4) is 0 Å². The fourth-order valence-corrected chi connectivity index (χ4v) is 1.10. The van der Waals surface area contributed by atoms with Gasteiger partial charge in [-0.25, -0.2) is 4.99 Å². The summed E-state index contributed by atoms with van der Waals surface area (Å²) >= 11 is 0. The highest BCUT2D eigenvalue weighted by atomic mass is 16.2. The summed E-state index contributed by atoms with van der Waals surface area (Å²) in [7, 11) is 0. The number of carbonyl (C=O) groups excluding carboxylic acids is 1. The maximum absolute atomic E-state index is 11.3. The Morgan fingerprint density at radius 1 is 1.50 bits per heavy atom. The SMILES string of the molecule is CC1(C)NC(=NC2CC2)NC1=O. The molecule has 1 aliphatic carbocycles. The lowest BCUT2D eigenvalue weighted by Crippen LogP contribution is -2.40. The molecule has 1 saturated carbocycles. The zero-order chi connectivity index (χ0) is 8.77. The van der Waals surface area contributed by atoms with Crippen molar-refractivity contribution in [2.75, 3.05) is 0 Å². The highest BCUT2D eigenvalue weighted by Gasteiger charge is 2.36. The molecule has 0 aromatic heterocycles. The molecule has 1 heterocycles. The lowest BCUT2D eigenvalue weighted by Gasteiger charge is -2.12. The van der Waals surface area contributed by atoms with Crippen molar-refractivity contribution in [1.29, 1.82) is 0 Å². The number of hydrogen-bond donors (Lipinski definition) is 2. The van der Waals surface area contributed by atoms with Crippen LogP contribution in [0.5, 0.6) is 0 Å². The molecule has 0 unspecified atom stereocenters. The Balaban J connectivity index is 2.09. The standard InChI is InChI=1S/C8H13N3O/c1-8(2)6(12)10-7(11-8)9-5-3-4-5/h5H,3-4H2,1-2H3,(H2,9,10,11,12). The zero-order valence-electron chi connectivity index (χ0n) is 7.35. The smallest absolute Gasteiger partial charge is 0.251 e. The quantitative estimate of drug-likeness (QED) is 0.577. The number of amides is 1. The fraction of sp³-hybridized carbons (Fsp3) is 0.750. The number of aliphatic imine (C=N–C) groups is 1. The first-order chi connectivity index (χ1) is 5.58. The van der Waals surface area contributed by atoms with Gasteiger partial charge in [-0.15, -0.1) is 0 Å². The van der Waals surface area contributed by atoms with Crippen LogP contribution in [0.25, 0.3) is 0 Å². The fourth-order valence-electron chi connectivity index (χ4n) is 1.10. The van der Waals surface area contributed by atoms with Gasteiger partial charge < -0.3 is 5.32 Å². The maximum atomic E-state index is 11.3. The van der Waals surface area contributed by atoms with Crippen molar-refractivity contribution >= 4 is 11.9 Å². The van der Waals surface area contributed by atoms with Crippen molar-refractivity contribution in [2.24, 2.45) is 4.99 Å². The molecule has 2 fully saturated rings. The summed E-state index contributed by atoms with van der Waals surface area (Å²) in [6, 6.07) is 0.446. The predicted octanol–water partition coefficient (Wildman–Crippen LogP) is 0.00280. The number of rotatable bonds is 1. The minimum atomic E-state index is -0.492. The van der Waals surface area contributed by atoms with Crippen molar-refractivity contribution in [3.05, 3.63) is 0 Å². The van der Waals surface area contributed by atoms with E-state index in [2.05, 4.69) is 15.6 Å². The third-order valence-electron chi connectivity index (χ3n) is 2.09. The summed E-state index contributed by atoms with van der Waals surface area (Å²) in [5.41, 5.74) is -0.492. The van der Waals surface area contributed by atoms with Crippen LogP contribution in [0, 0.1) is 0 Å². The van der Waals surface area contributed by atoms with Gasteiger partial charge in [0.05, 0.1) is 6.04 Å². The van der Waals surface area contributed by atoms with Crippen LogP contribution in [0.2, 0.25) is 0 Å². The summed E-state index contributed by atoms with van der Waals surface area (Å²) in [6.45, 7) is 3.69. The molecule has 66 valence electrons. The second-order valence-electron chi connectivity index (χ2n) is 3.91. The number of nitrogens with zero attached hydrogens (tertiary/aromatic N) is 1. The number of hydrogen-bond acceptors (Lipinski definition) is 2. The van der Waals surface area contributed by atoms with Crippen molar-refractivity contribution in [3.63, 3.8) is 0 Å². The molecule has 1 saturated heterocycles. The van der Waals surface area contributed by atoms with Crippen LogP contribution >= 0.6 is 0 Å². The van der Waals surface area contributed by atoms with Crippen molar-refractivity contribution in [1.82, 2.24) is 10.6 Å². The van der Waals surface area contributed by atoms with E-state index in [1.165, 1.54) is 0 Å². The van der Waals surface area contributed by atoms with E-state index in [4.69, 9.17) is 0 Å². The number of guanidine groups is 1. The van der Waals surface area contributed by atoms with Crippen molar-refractivity contribution < 1.29 is 4.79 Å². The molecule has 0 atom stereocenters. The Bertz CT molecular complexity index is 253. The maximum Gasteiger partial charge on any atom is 0.251 e. The first-order valence-corrected chi connectivity index (χ1v) is 4.25. The zero-order valence-corrected chi connectivity index (χ0v) is 7.35. The lowest BCUT2D eigenvalue weighted by molar-refractivity contribution is -0.122. The van der Waals surface area contributed by atoms with E-state index in [0.29, 0.717) is 12.0 Å². The first kappa shape index (κ1) is 7.58. The van der Waals surface area contributed by atoms with E-state index in [-0.39, 0.29) is 5.91 Å². The van der Waals surface area contributed by atoms with E-state index in [1.807, 2.05) is 13.8 Å². The Labute approximate surface area is 71.4 Å². The van der Waals surface area contributed by atoms with Crippen LogP contribution in [-0.4, -0.2) is 23.4 Å². The van der Waals surface area contributed by atoms with E-state index < -0.39 is 5.54 Å². The second kappa shape index (κ2) is 2.21. The van der Waals surface area contributed by atoms with Gasteiger partial charge in [0.15, 0.2) is 5.96 Å². The molecule has 0 aromatic carbocycles. The molecule has 1 aliphatic heterocycles. The summed E-state index contributed by atoms with van der Waals surface area (Å²) in [4.78, 5) is 15.6. The average Bonchev–Trinajstić information content (AvgIpc) is 2.65. The topological polar surface area (TPSA) is 53.5 Å². The Morgan fingerprint density at radius 3 is 2.58 bits per heavy atom. The highest BCUT2D eigenvalue weighted by Crippen LogP contribution is 2.24. The van der Waals surface area contributed by atoms with E-state index >= 15 is 0 Å². The largest absolute Gasteiger partial charge is 0.342 e. The molecule has 2 N–H and O–H groups in total. The van der Waals surface area contributed by atoms with Crippen LogP contribution in [0.15, 0.2) is 4.99 Å². The summed E-state index contributed by atoms with van der Waals surface area (Å²) in [6.07, 6.45) is 2.31. The van der Waals surface area contributed by atoms with Crippen LogP contribution < -0.4 is 10.6 Å². The molecule has 0 bridgehead atoms. The minimum absolute atomic E-state index is 0.00176. The summed E-state index contributed by atoms with van der Waals surface area (Å²) in [5, 5.41) is 5.76. The van der Waals surface area contributed by atoms with Gasteiger partial charge in [-0.3, -0.25) is 10.1 Å². The molecule has 1 amide bonds. The highest BCUT2D eigenvalue weighted by molar-refractivity contribution is 6.08. The van der Waals surface area contributed by atoms with E-state index in [1.54, 1.807) is 0 Å². The lowest BCUT2D eigenvalue weighted by atomic mass is 10.1. The average molecular weight is 167 g/mol. The Kier molecular flexibility index (Phi) is 1.40. The Morgan fingerprint density at radius 2 is 2.17 bits per heavy atom. The van der Waals surface area contributed by atoms with Gasteiger partial charge in [0, 0.05) is 0 Å². The van der Waals surface area contributed by atoms with Gasteiger partial charge in [0.2, 0.25) is 0 Å². The molecule has 2 aliphatic rings. The van der Waals surface area contributed by atoms with Gasteiger partial charge >= 0.3 is 0 Å². The van der Waals surface area contributed by atoms with Crippen LogP contribution in [0.1, 0.15) is 26.7 Å². The molecular weight excluding hydrogens is 154 g/mol. The summed E-state index contributed by atoms with van der Waals surface area (Å²) in [5.74, 6) is 0.648. The van der Waals surface area contributed by atoms with Gasteiger partial charge in [-0.05, 0) is 26.7 Å². The molecule has 4 nitrogen and oxygen atoms in total. The molecule has 0 aromatic rings. The molecule has 2 rings (SSSR count). The monoisotopic (exact) mass is 167 g/mol. The van der Waals surface area contributed by atoms with Crippen molar-refractivity contribution in [2.45, 2.75) is 38.3 Å². The van der Waals surface area contributed by atoms with Gasteiger partial charge in [-0.2, -0.15) is 0 Å². The van der Waals surface area contributed by atoms with Gasteiger partial charge in [0.25, 0.3) is 5.91 Å². The van der Waals surface area contributed by atoms with Gasteiger partial charge in [0.1, 0.15) is 5.54 Å². The number of nitrogens with one attached hydrogen (secondary N) is 2. The normalized spacial score (nSPS) is 30.2. The van der Waals surface area contributed by atoms with E-state index in [0.717, 1.165) is 12.8 Å². The predicted molar refractivity (Wildman–Crippen MR) is 45.8 cm³/mol. The minimum Gasteiger partial charge on any atom is -0.342 e. The molecule has 4 heteroatoms. The molecular formula is C8H13N3O. The third kappa shape index (κ3) is 1.29. The molecule has 0 spiro atoms. The number of carbonyl (C=O) groups is 1. The first-order valence-electron chi connectivity index (χ1n) is 4.25. The third-order valence-corrected chi connectivity index (χ3v) is 2.09. The second-order valence-corrected chi connectivity index (χ2v) is 3.91. The summed E-state index contributed by atoms with van der Waals surface area (Å²) < 4.78 is 0. The van der Waals surface area contributed by atoms with Crippen LogP contribution in [0.4, 0.5) is 0 Å². The molecule has 0 radical (unpaired) electrons. The Hall–Kier alpha value is -1.06. The van der Waals surface area contributed by atoms with Crippen LogP contribution in [-0.2, 0) is 4.79 Å². The molecule has 12 heavy (non-hydrogen) atoms. The van der Waals surface area contributed by atoms with Crippen LogP contribution in [0.3, 0.4) is 0 Å². The van der Waals surface area contributed by atoms with Gasteiger partial charge in [-0.1, -0.05) is 0 Å². The van der Waals surface area contributed by atoms with E-state index in [9.17, 15) is 4.79 Å².